The molecule has 2 aromatic rings. The van der Waals surface area contributed by atoms with Crippen molar-refractivity contribution in [3.63, 3.8) is 0 Å². The van der Waals surface area contributed by atoms with Gasteiger partial charge in [-0.3, -0.25) is 4.68 Å². The van der Waals surface area contributed by atoms with E-state index in [4.69, 9.17) is 0 Å². The second-order valence-corrected chi connectivity index (χ2v) is 5.59. The van der Waals surface area contributed by atoms with Gasteiger partial charge in [0.25, 0.3) is 0 Å². The van der Waals surface area contributed by atoms with E-state index in [2.05, 4.69) is 57.5 Å². The summed E-state index contributed by atoms with van der Waals surface area (Å²) in [6, 6.07) is 8.79. The van der Waals surface area contributed by atoms with Gasteiger partial charge >= 0.3 is 0 Å². The molecule has 0 fully saturated rings. The van der Waals surface area contributed by atoms with Crippen LogP contribution >= 0.6 is 15.9 Å². The van der Waals surface area contributed by atoms with Gasteiger partial charge in [0.2, 0.25) is 0 Å². The molecular formula is C15H20BrN3. The van der Waals surface area contributed by atoms with E-state index >= 15 is 0 Å². The maximum absolute atomic E-state index is 4.26. The highest BCUT2D eigenvalue weighted by molar-refractivity contribution is 9.10. The largest absolute Gasteiger partial charge is 0.316 e. The number of benzene rings is 1. The first-order valence-corrected chi connectivity index (χ1v) is 7.53. The predicted molar refractivity (Wildman–Crippen MR) is 82.3 cm³/mol. The lowest BCUT2D eigenvalue weighted by atomic mass is 10.1. The fraction of sp³-hybridized carbons (Fsp3) is 0.400. The number of hydrogen-bond acceptors (Lipinski definition) is 2. The Hall–Kier alpha value is -1.13. The molecule has 0 saturated carbocycles. The summed E-state index contributed by atoms with van der Waals surface area (Å²) in [5.41, 5.74) is 2.66. The number of rotatable bonds is 7. The summed E-state index contributed by atoms with van der Waals surface area (Å²) in [5, 5.41) is 7.68. The molecule has 1 heterocycles. The first kappa shape index (κ1) is 14.3. The third-order valence-corrected chi connectivity index (χ3v) is 3.40. The van der Waals surface area contributed by atoms with Gasteiger partial charge in [0, 0.05) is 6.20 Å². The van der Waals surface area contributed by atoms with Crippen molar-refractivity contribution in [3.05, 3.63) is 52.3 Å². The van der Waals surface area contributed by atoms with Crippen LogP contribution in [0.3, 0.4) is 0 Å². The van der Waals surface area contributed by atoms with E-state index in [1.54, 1.807) is 0 Å². The number of hydrogen-bond donors (Lipinski definition) is 1. The Morgan fingerprint density at radius 1 is 1.16 bits per heavy atom. The standard InChI is InChI=1S/C15H20BrN3/c1-2-8-17-9-7-13-3-5-14(6-4-13)11-19-12-15(16)10-18-19/h3-6,10,12,17H,2,7-9,11H2,1H3. The summed E-state index contributed by atoms with van der Waals surface area (Å²) >= 11 is 3.41. The Morgan fingerprint density at radius 2 is 1.89 bits per heavy atom. The molecular weight excluding hydrogens is 302 g/mol. The van der Waals surface area contributed by atoms with Gasteiger partial charge in [-0.2, -0.15) is 5.10 Å². The van der Waals surface area contributed by atoms with Crippen molar-refractivity contribution in [3.8, 4) is 0 Å². The number of halogens is 1. The second-order valence-electron chi connectivity index (χ2n) is 4.67. The highest BCUT2D eigenvalue weighted by Gasteiger charge is 1.98. The third kappa shape index (κ3) is 4.80. The molecule has 102 valence electrons. The second kappa shape index (κ2) is 7.46. The minimum atomic E-state index is 0.819. The number of nitrogens with zero attached hydrogens (tertiary/aromatic N) is 2. The normalized spacial score (nSPS) is 10.8. The molecule has 2 rings (SSSR count). The Kier molecular flexibility index (Phi) is 5.61. The van der Waals surface area contributed by atoms with Crippen LogP contribution in [0, 0.1) is 0 Å². The first-order chi connectivity index (χ1) is 9.28. The van der Waals surface area contributed by atoms with Gasteiger partial charge in [-0.25, -0.2) is 0 Å². The van der Waals surface area contributed by atoms with E-state index in [1.807, 2.05) is 17.1 Å². The van der Waals surface area contributed by atoms with Gasteiger partial charge in [0.15, 0.2) is 0 Å². The van der Waals surface area contributed by atoms with E-state index in [1.165, 1.54) is 17.5 Å². The average Bonchev–Trinajstić information content (AvgIpc) is 2.82. The molecule has 0 saturated heterocycles. The van der Waals surface area contributed by atoms with Crippen molar-refractivity contribution in [2.75, 3.05) is 13.1 Å². The van der Waals surface area contributed by atoms with Crippen molar-refractivity contribution < 1.29 is 0 Å². The Labute approximate surface area is 123 Å². The van der Waals surface area contributed by atoms with Crippen LogP contribution in [-0.4, -0.2) is 22.9 Å². The summed E-state index contributed by atoms with van der Waals surface area (Å²) in [4.78, 5) is 0. The van der Waals surface area contributed by atoms with Crippen LogP contribution in [0.1, 0.15) is 24.5 Å². The van der Waals surface area contributed by atoms with Crippen LogP contribution in [0.4, 0.5) is 0 Å². The lowest BCUT2D eigenvalue weighted by Crippen LogP contribution is -2.17. The maximum Gasteiger partial charge on any atom is 0.0659 e. The molecule has 0 atom stereocenters. The lowest BCUT2D eigenvalue weighted by Gasteiger charge is -2.05. The Balaban J connectivity index is 1.84. The molecule has 0 unspecified atom stereocenters. The molecule has 3 nitrogen and oxygen atoms in total. The van der Waals surface area contributed by atoms with Crippen LogP contribution in [0.5, 0.6) is 0 Å². The summed E-state index contributed by atoms with van der Waals surface area (Å²) in [6.45, 7) is 5.17. The summed E-state index contributed by atoms with van der Waals surface area (Å²) in [6.07, 6.45) is 6.09. The van der Waals surface area contributed by atoms with E-state index in [0.717, 1.165) is 30.5 Å². The highest BCUT2D eigenvalue weighted by Crippen LogP contribution is 2.10. The number of nitrogens with one attached hydrogen (secondary N) is 1. The molecule has 19 heavy (non-hydrogen) atoms. The van der Waals surface area contributed by atoms with Crippen molar-refractivity contribution in [2.45, 2.75) is 26.3 Å². The highest BCUT2D eigenvalue weighted by atomic mass is 79.9. The summed E-state index contributed by atoms with van der Waals surface area (Å²) in [5.74, 6) is 0. The Morgan fingerprint density at radius 3 is 2.53 bits per heavy atom. The SMILES string of the molecule is CCCNCCc1ccc(Cn2cc(Br)cn2)cc1. The maximum atomic E-state index is 4.26. The van der Waals surface area contributed by atoms with Gasteiger partial charge < -0.3 is 5.32 Å². The zero-order valence-electron chi connectivity index (χ0n) is 11.3. The van der Waals surface area contributed by atoms with Gasteiger partial charge in [-0.15, -0.1) is 0 Å². The average molecular weight is 322 g/mol. The zero-order valence-corrected chi connectivity index (χ0v) is 12.9. The fourth-order valence-corrected chi connectivity index (χ4v) is 2.29. The zero-order chi connectivity index (χ0) is 13.5. The smallest absolute Gasteiger partial charge is 0.0659 e. The molecule has 4 heteroatoms. The molecule has 0 aliphatic carbocycles. The van der Waals surface area contributed by atoms with Crippen LogP contribution in [0.2, 0.25) is 0 Å². The molecule has 0 amide bonds. The van der Waals surface area contributed by atoms with Gasteiger partial charge in [0.1, 0.15) is 0 Å². The monoisotopic (exact) mass is 321 g/mol. The van der Waals surface area contributed by atoms with E-state index < -0.39 is 0 Å². The van der Waals surface area contributed by atoms with Crippen LogP contribution in [-0.2, 0) is 13.0 Å². The van der Waals surface area contributed by atoms with E-state index in [-0.39, 0.29) is 0 Å². The van der Waals surface area contributed by atoms with Crippen LogP contribution in [0.25, 0.3) is 0 Å². The van der Waals surface area contributed by atoms with Gasteiger partial charge in [-0.05, 0) is 53.0 Å². The molecule has 0 spiro atoms. The quantitative estimate of drug-likeness (QED) is 0.793. The third-order valence-electron chi connectivity index (χ3n) is 2.99. The van der Waals surface area contributed by atoms with Crippen LogP contribution < -0.4 is 5.32 Å². The Bertz CT molecular complexity index is 490. The van der Waals surface area contributed by atoms with Gasteiger partial charge in [-0.1, -0.05) is 31.2 Å². The van der Waals surface area contributed by atoms with Gasteiger partial charge in [0.05, 0.1) is 17.2 Å². The van der Waals surface area contributed by atoms with Crippen molar-refractivity contribution in [2.24, 2.45) is 0 Å². The number of aromatic nitrogens is 2. The molecule has 1 N–H and O–H groups in total. The molecule has 0 aliphatic rings. The van der Waals surface area contributed by atoms with Crippen molar-refractivity contribution in [1.82, 2.24) is 15.1 Å². The van der Waals surface area contributed by atoms with Crippen LogP contribution in [0.15, 0.2) is 41.1 Å². The van der Waals surface area contributed by atoms with E-state index in [9.17, 15) is 0 Å². The minimum Gasteiger partial charge on any atom is -0.316 e. The van der Waals surface area contributed by atoms with E-state index in [0.29, 0.717) is 0 Å². The van der Waals surface area contributed by atoms with Crippen molar-refractivity contribution in [1.29, 1.82) is 0 Å². The minimum absolute atomic E-state index is 0.819. The predicted octanol–water partition coefficient (Wildman–Crippen LogP) is 3.24. The topological polar surface area (TPSA) is 29.9 Å². The fourth-order valence-electron chi connectivity index (χ4n) is 1.96. The molecule has 1 aromatic carbocycles. The van der Waals surface area contributed by atoms with Crippen molar-refractivity contribution >= 4 is 15.9 Å². The summed E-state index contributed by atoms with van der Waals surface area (Å²) < 4.78 is 2.95. The lowest BCUT2D eigenvalue weighted by molar-refractivity contribution is 0.670. The first-order valence-electron chi connectivity index (χ1n) is 6.74. The molecule has 1 aromatic heterocycles. The molecule has 0 aliphatic heterocycles. The summed E-state index contributed by atoms with van der Waals surface area (Å²) in [7, 11) is 0. The molecule has 0 radical (unpaired) electrons. The molecule has 0 bridgehead atoms.